The van der Waals surface area contributed by atoms with Gasteiger partial charge in [0.25, 0.3) is 5.91 Å². The molecule has 0 spiro atoms. The summed E-state index contributed by atoms with van der Waals surface area (Å²) in [5.74, 6) is -0.519. The van der Waals surface area contributed by atoms with Crippen molar-refractivity contribution in [1.82, 2.24) is 9.88 Å². The molecule has 22 heavy (non-hydrogen) atoms. The fourth-order valence-electron chi connectivity index (χ4n) is 2.73. The van der Waals surface area contributed by atoms with Crippen LogP contribution in [0.15, 0.2) is 35.4 Å². The molecule has 0 N–H and O–H groups in total. The molecule has 3 nitrogen and oxygen atoms in total. The Bertz CT molecular complexity index is 718. The Hall–Kier alpha value is -1.88. The molecule has 0 aliphatic carbocycles. The van der Waals surface area contributed by atoms with Crippen molar-refractivity contribution in [2.24, 2.45) is 0 Å². The minimum absolute atomic E-state index is 0.135. The number of amides is 1. The van der Waals surface area contributed by atoms with Crippen LogP contribution >= 0.6 is 11.8 Å². The SMILES string of the molecule is CSc1cccc2c1CN(C(=O)c1cc(C)c(F)cn1)CC2. The molecule has 2 heterocycles. The Balaban J connectivity index is 1.87. The van der Waals surface area contributed by atoms with Gasteiger partial charge in [-0.3, -0.25) is 4.79 Å². The first-order valence-electron chi connectivity index (χ1n) is 7.16. The molecule has 0 radical (unpaired) electrons. The van der Waals surface area contributed by atoms with Crippen molar-refractivity contribution in [3.8, 4) is 0 Å². The van der Waals surface area contributed by atoms with Crippen molar-refractivity contribution >= 4 is 17.7 Å². The van der Waals surface area contributed by atoms with Gasteiger partial charge in [0.15, 0.2) is 0 Å². The predicted octanol–water partition coefficient (Wildman–Crippen LogP) is 3.45. The summed E-state index contributed by atoms with van der Waals surface area (Å²) in [6.45, 7) is 2.90. The fourth-order valence-corrected chi connectivity index (χ4v) is 3.39. The standard InChI is InChI=1S/C17H17FN2OS/c1-11-8-15(19-9-14(11)18)17(21)20-7-6-12-4-3-5-16(22-2)13(12)10-20/h3-5,8-9H,6-7,10H2,1-2H3. The number of carbonyl (C=O) groups is 1. The summed E-state index contributed by atoms with van der Waals surface area (Å²) in [7, 11) is 0. The van der Waals surface area contributed by atoms with Gasteiger partial charge in [-0.2, -0.15) is 0 Å². The number of rotatable bonds is 2. The molecule has 3 rings (SSSR count). The molecule has 1 aliphatic heterocycles. The van der Waals surface area contributed by atoms with E-state index in [4.69, 9.17) is 0 Å². The van der Waals surface area contributed by atoms with Crippen LogP contribution < -0.4 is 0 Å². The summed E-state index contributed by atoms with van der Waals surface area (Å²) in [5, 5.41) is 0. The zero-order valence-corrected chi connectivity index (χ0v) is 13.4. The third-order valence-electron chi connectivity index (χ3n) is 4.00. The molecular weight excluding hydrogens is 299 g/mol. The van der Waals surface area contributed by atoms with Gasteiger partial charge in [-0.25, -0.2) is 9.37 Å². The van der Waals surface area contributed by atoms with Gasteiger partial charge in [0, 0.05) is 18.0 Å². The number of halogens is 1. The summed E-state index contributed by atoms with van der Waals surface area (Å²) in [5.41, 5.74) is 3.28. The van der Waals surface area contributed by atoms with Crippen LogP contribution in [-0.4, -0.2) is 28.6 Å². The smallest absolute Gasteiger partial charge is 0.272 e. The van der Waals surface area contributed by atoms with Crippen LogP contribution in [0.4, 0.5) is 4.39 Å². The molecule has 1 amide bonds. The van der Waals surface area contributed by atoms with Crippen LogP contribution in [0, 0.1) is 12.7 Å². The highest BCUT2D eigenvalue weighted by Crippen LogP contribution is 2.29. The average Bonchev–Trinajstić information content (AvgIpc) is 2.55. The fraction of sp³-hybridized carbons (Fsp3) is 0.294. The Morgan fingerprint density at radius 3 is 2.95 bits per heavy atom. The number of hydrogen-bond acceptors (Lipinski definition) is 3. The minimum Gasteiger partial charge on any atom is -0.333 e. The molecule has 0 atom stereocenters. The summed E-state index contributed by atoms with van der Waals surface area (Å²) >= 11 is 1.69. The van der Waals surface area contributed by atoms with E-state index < -0.39 is 0 Å². The number of carbonyl (C=O) groups excluding carboxylic acids is 1. The molecule has 0 fully saturated rings. The number of pyridine rings is 1. The zero-order chi connectivity index (χ0) is 15.7. The number of benzene rings is 1. The van der Waals surface area contributed by atoms with E-state index in [2.05, 4.69) is 23.2 Å². The van der Waals surface area contributed by atoms with Gasteiger partial charge in [-0.1, -0.05) is 12.1 Å². The second kappa shape index (κ2) is 6.08. The van der Waals surface area contributed by atoms with Crippen molar-refractivity contribution in [2.75, 3.05) is 12.8 Å². The maximum Gasteiger partial charge on any atom is 0.272 e. The molecule has 0 unspecified atom stereocenters. The minimum atomic E-state index is -0.384. The maximum absolute atomic E-state index is 13.3. The first kappa shape index (κ1) is 15.0. The van der Waals surface area contributed by atoms with E-state index in [1.54, 1.807) is 23.6 Å². The van der Waals surface area contributed by atoms with Gasteiger partial charge in [-0.15, -0.1) is 11.8 Å². The maximum atomic E-state index is 13.3. The molecule has 0 bridgehead atoms. The lowest BCUT2D eigenvalue weighted by molar-refractivity contribution is 0.0727. The van der Waals surface area contributed by atoms with E-state index in [0.717, 1.165) is 12.6 Å². The van der Waals surface area contributed by atoms with E-state index in [9.17, 15) is 9.18 Å². The number of aromatic nitrogens is 1. The molecule has 114 valence electrons. The number of nitrogens with zero attached hydrogens (tertiary/aromatic N) is 2. The third-order valence-corrected chi connectivity index (χ3v) is 4.83. The van der Waals surface area contributed by atoms with E-state index in [1.165, 1.54) is 22.1 Å². The van der Waals surface area contributed by atoms with E-state index in [-0.39, 0.29) is 11.7 Å². The topological polar surface area (TPSA) is 33.2 Å². The van der Waals surface area contributed by atoms with Gasteiger partial charge >= 0.3 is 0 Å². The van der Waals surface area contributed by atoms with E-state index in [0.29, 0.717) is 24.3 Å². The van der Waals surface area contributed by atoms with Crippen molar-refractivity contribution in [1.29, 1.82) is 0 Å². The van der Waals surface area contributed by atoms with Crippen LogP contribution in [0.3, 0.4) is 0 Å². The molecule has 2 aromatic rings. The number of thioether (sulfide) groups is 1. The lowest BCUT2D eigenvalue weighted by Gasteiger charge is -2.30. The first-order valence-corrected chi connectivity index (χ1v) is 8.39. The second-order valence-electron chi connectivity index (χ2n) is 5.39. The number of aryl methyl sites for hydroxylation is 1. The lowest BCUT2D eigenvalue weighted by Crippen LogP contribution is -2.36. The Kier molecular flexibility index (Phi) is 4.16. The van der Waals surface area contributed by atoms with Crippen molar-refractivity contribution in [2.45, 2.75) is 24.8 Å². The van der Waals surface area contributed by atoms with Gasteiger partial charge in [0.2, 0.25) is 0 Å². The molecule has 0 saturated heterocycles. The molecular formula is C17H17FN2OS. The van der Waals surface area contributed by atoms with E-state index in [1.807, 2.05) is 6.26 Å². The normalized spacial score (nSPS) is 13.9. The first-order chi connectivity index (χ1) is 10.6. The summed E-state index contributed by atoms with van der Waals surface area (Å²) in [4.78, 5) is 19.5. The Morgan fingerprint density at radius 2 is 2.23 bits per heavy atom. The van der Waals surface area contributed by atoms with Crippen LogP contribution in [0.1, 0.15) is 27.2 Å². The molecule has 1 aliphatic rings. The predicted molar refractivity (Wildman–Crippen MR) is 85.6 cm³/mol. The molecule has 5 heteroatoms. The van der Waals surface area contributed by atoms with Crippen LogP contribution in [0.2, 0.25) is 0 Å². The van der Waals surface area contributed by atoms with Crippen LogP contribution in [0.25, 0.3) is 0 Å². The molecule has 1 aromatic heterocycles. The summed E-state index contributed by atoms with van der Waals surface area (Å²) in [6, 6.07) is 7.79. The highest BCUT2D eigenvalue weighted by Gasteiger charge is 2.24. The average molecular weight is 316 g/mol. The third kappa shape index (κ3) is 2.73. The van der Waals surface area contributed by atoms with Gasteiger partial charge < -0.3 is 4.90 Å². The van der Waals surface area contributed by atoms with Crippen LogP contribution in [0.5, 0.6) is 0 Å². The number of hydrogen-bond donors (Lipinski definition) is 0. The van der Waals surface area contributed by atoms with Crippen LogP contribution in [-0.2, 0) is 13.0 Å². The van der Waals surface area contributed by atoms with Crippen molar-refractivity contribution in [3.05, 3.63) is 58.7 Å². The summed E-state index contributed by atoms with van der Waals surface area (Å²) < 4.78 is 13.3. The highest BCUT2D eigenvalue weighted by atomic mass is 32.2. The zero-order valence-electron chi connectivity index (χ0n) is 12.6. The highest BCUT2D eigenvalue weighted by molar-refractivity contribution is 7.98. The van der Waals surface area contributed by atoms with Crippen molar-refractivity contribution in [3.63, 3.8) is 0 Å². The largest absolute Gasteiger partial charge is 0.333 e. The Morgan fingerprint density at radius 1 is 1.41 bits per heavy atom. The van der Waals surface area contributed by atoms with Gasteiger partial charge in [-0.05, 0) is 48.4 Å². The molecule has 1 aromatic carbocycles. The lowest BCUT2D eigenvalue weighted by atomic mass is 9.99. The number of fused-ring (bicyclic) bond motifs is 1. The monoisotopic (exact) mass is 316 g/mol. The summed E-state index contributed by atoms with van der Waals surface area (Å²) in [6.07, 6.45) is 4.00. The van der Waals surface area contributed by atoms with Gasteiger partial charge in [0.1, 0.15) is 11.5 Å². The quantitative estimate of drug-likeness (QED) is 0.796. The van der Waals surface area contributed by atoms with Crippen molar-refractivity contribution < 1.29 is 9.18 Å². The van der Waals surface area contributed by atoms with E-state index >= 15 is 0 Å². The van der Waals surface area contributed by atoms with Gasteiger partial charge in [0.05, 0.1) is 6.20 Å². The Labute approximate surface area is 133 Å². The molecule has 0 saturated carbocycles. The second-order valence-corrected chi connectivity index (χ2v) is 6.24.